The number of halogens is 1. The third kappa shape index (κ3) is 5.51. The van der Waals surface area contributed by atoms with E-state index in [0.717, 1.165) is 21.5 Å². The van der Waals surface area contributed by atoms with Crippen LogP contribution >= 0.6 is 15.9 Å². The van der Waals surface area contributed by atoms with Crippen LogP contribution in [0.2, 0.25) is 18.1 Å². The minimum absolute atomic E-state index is 0.00831. The third-order valence-corrected chi connectivity index (χ3v) is 11.4. The van der Waals surface area contributed by atoms with Crippen molar-refractivity contribution in [3.05, 3.63) is 58.6 Å². The Morgan fingerprint density at radius 2 is 1.81 bits per heavy atom. The average molecular weight is 506 g/mol. The Morgan fingerprint density at radius 3 is 2.42 bits per heavy atom. The summed E-state index contributed by atoms with van der Waals surface area (Å²) in [6.07, 6.45) is 0. The molecule has 0 aliphatic carbocycles. The second-order valence-electron chi connectivity index (χ2n) is 9.57. The van der Waals surface area contributed by atoms with Crippen LogP contribution in [0.15, 0.2) is 53.0 Å². The van der Waals surface area contributed by atoms with E-state index in [1.165, 1.54) is 0 Å². The predicted molar refractivity (Wildman–Crippen MR) is 132 cm³/mol. The number of benzene rings is 2. The van der Waals surface area contributed by atoms with Gasteiger partial charge in [-0.25, -0.2) is 4.79 Å². The summed E-state index contributed by atoms with van der Waals surface area (Å²) in [6, 6.07) is 15.8. The fourth-order valence-electron chi connectivity index (χ4n) is 3.36. The number of nitrogens with zero attached hydrogens (tertiary/aromatic N) is 2. The van der Waals surface area contributed by atoms with Crippen LogP contribution in [0.3, 0.4) is 0 Å². The van der Waals surface area contributed by atoms with Gasteiger partial charge in [0, 0.05) is 16.7 Å². The molecule has 1 fully saturated rings. The average Bonchev–Trinajstić information content (AvgIpc) is 3.02. The molecule has 0 unspecified atom stereocenters. The number of methoxy groups -OCH3 is 1. The Kier molecular flexibility index (Phi) is 7.18. The van der Waals surface area contributed by atoms with Crippen LogP contribution in [0, 0.1) is 0 Å². The minimum atomic E-state index is -1.92. The zero-order chi connectivity index (χ0) is 22.8. The molecule has 0 radical (unpaired) electrons. The maximum absolute atomic E-state index is 13.4. The number of ether oxygens (including phenoxy) is 1. The molecule has 31 heavy (non-hydrogen) atoms. The van der Waals surface area contributed by atoms with Gasteiger partial charge in [-0.05, 0) is 60.1 Å². The molecule has 5 nitrogen and oxygen atoms in total. The molecule has 0 N–H and O–H groups in total. The molecule has 0 saturated carbocycles. The molecule has 1 atom stereocenters. The number of anilines is 1. The molecular weight excluding hydrogens is 472 g/mol. The Labute approximate surface area is 195 Å². The molecule has 1 aliphatic rings. The van der Waals surface area contributed by atoms with Gasteiger partial charge in [-0.3, -0.25) is 4.90 Å². The Hall–Kier alpha value is -1.83. The number of hydrogen-bond acceptors (Lipinski definition) is 3. The maximum Gasteiger partial charge on any atom is 0.325 e. The van der Waals surface area contributed by atoms with Crippen LogP contribution in [0.5, 0.6) is 5.75 Å². The number of carbonyl (C=O) groups is 1. The van der Waals surface area contributed by atoms with Gasteiger partial charge in [0.25, 0.3) is 0 Å². The molecule has 1 aliphatic heterocycles. The second kappa shape index (κ2) is 9.34. The molecule has 7 heteroatoms. The molecule has 168 valence electrons. The summed E-state index contributed by atoms with van der Waals surface area (Å²) in [6.45, 7) is 12.9. The normalized spacial score (nSPS) is 17.4. The summed E-state index contributed by atoms with van der Waals surface area (Å²) in [5.74, 6) is 0.794. The van der Waals surface area contributed by atoms with Crippen LogP contribution < -0.4 is 9.64 Å². The quantitative estimate of drug-likeness (QED) is 0.416. The Balaban J connectivity index is 1.85. The molecule has 1 heterocycles. The van der Waals surface area contributed by atoms with Crippen LogP contribution in [-0.2, 0) is 11.0 Å². The van der Waals surface area contributed by atoms with Crippen LogP contribution in [-0.4, -0.2) is 45.6 Å². The molecule has 1 saturated heterocycles. The van der Waals surface area contributed by atoms with E-state index in [1.54, 1.807) is 7.11 Å². The SMILES string of the molecule is COc1cccc(CN2C(=O)N(c3ccc(Br)cc3)C[C@@H]2CO[Si](C)(C)C(C)(C)C)c1. The summed E-state index contributed by atoms with van der Waals surface area (Å²) in [5.41, 5.74) is 1.95. The molecule has 3 rings (SSSR count). The first-order valence-corrected chi connectivity index (χ1v) is 14.3. The van der Waals surface area contributed by atoms with Gasteiger partial charge in [-0.15, -0.1) is 0 Å². The van der Waals surface area contributed by atoms with Crippen molar-refractivity contribution in [2.45, 2.75) is 51.5 Å². The first-order valence-electron chi connectivity index (χ1n) is 10.6. The van der Waals surface area contributed by atoms with E-state index in [0.29, 0.717) is 19.7 Å². The van der Waals surface area contributed by atoms with Crippen molar-refractivity contribution in [3.8, 4) is 5.75 Å². The van der Waals surface area contributed by atoms with Crippen molar-refractivity contribution in [2.24, 2.45) is 0 Å². The molecule has 2 aromatic rings. The number of hydrogen-bond donors (Lipinski definition) is 0. The first kappa shape index (κ1) is 23.8. The van der Waals surface area contributed by atoms with Crippen LogP contribution in [0.4, 0.5) is 10.5 Å². The number of rotatable bonds is 7. The highest BCUT2D eigenvalue weighted by molar-refractivity contribution is 9.10. The Bertz CT molecular complexity index is 912. The van der Waals surface area contributed by atoms with Gasteiger partial charge < -0.3 is 14.1 Å². The van der Waals surface area contributed by atoms with E-state index in [9.17, 15) is 4.79 Å². The van der Waals surface area contributed by atoms with Crippen LogP contribution in [0.25, 0.3) is 0 Å². The monoisotopic (exact) mass is 504 g/mol. The van der Waals surface area contributed by atoms with E-state index in [2.05, 4.69) is 49.8 Å². The van der Waals surface area contributed by atoms with Crippen molar-refractivity contribution >= 4 is 36.0 Å². The van der Waals surface area contributed by atoms with Gasteiger partial charge in [-0.2, -0.15) is 0 Å². The second-order valence-corrected chi connectivity index (χ2v) is 15.3. The minimum Gasteiger partial charge on any atom is -0.497 e. The van der Waals surface area contributed by atoms with Crippen molar-refractivity contribution in [1.29, 1.82) is 0 Å². The lowest BCUT2D eigenvalue weighted by Crippen LogP contribution is -2.45. The van der Waals surface area contributed by atoms with Crippen molar-refractivity contribution < 1.29 is 14.0 Å². The molecule has 0 bridgehead atoms. The van der Waals surface area contributed by atoms with Crippen molar-refractivity contribution in [2.75, 3.05) is 25.2 Å². The smallest absolute Gasteiger partial charge is 0.325 e. The molecule has 0 spiro atoms. The lowest BCUT2D eigenvalue weighted by Gasteiger charge is -2.37. The van der Waals surface area contributed by atoms with Gasteiger partial charge >= 0.3 is 6.03 Å². The highest BCUT2D eigenvalue weighted by atomic mass is 79.9. The Morgan fingerprint density at radius 1 is 1.13 bits per heavy atom. The molecule has 2 aromatic carbocycles. The first-order chi connectivity index (χ1) is 14.5. The zero-order valence-corrected chi connectivity index (χ0v) is 21.9. The largest absolute Gasteiger partial charge is 0.497 e. The highest BCUT2D eigenvalue weighted by Crippen LogP contribution is 2.37. The van der Waals surface area contributed by atoms with E-state index in [-0.39, 0.29) is 17.1 Å². The molecular formula is C24H33BrN2O3Si. The van der Waals surface area contributed by atoms with E-state index < -0.39 is 8.32 Å². The fraction of sp³-hybridized carbons (Fsp3) is 0.458. The summed E-state index contributed by atoms with van der Waals surface area (Å²) in [5, 5.41) is 0.124. The van der Waals surface area contributed by atoms with E-state index >= 15 is 0 Å². The van der Waals surface area contributed by atoms with Crippen LogP contribution in [0.1, 0.15) is 26.3 Å². The van der Waals surface area contributed by atoms with Gasteiger partial charge in [0.2, 0.25) is 0 Å². The summed E-state index contributed by atoms with van der Waals surface area (Å²) in [7, 11) is -0.264. The molecule has 0 aromatic heterocycles. The van der Waals surface area contributed by atoms with Crippen molar-refractivity contribution in [1.82, 2.24) is 4.90 Å². The maximum atomic E-state index is 13.4. The highest BCUT2D eigenvalue weighted by Gasteiger charge is 2.42. The van der Waals surface area contributed by atoms with Crippen molar-refractivity contribution in [3.63, 3.8) is 0 Å². The molecule has 2 amide bonds. The lowest BCUT2D eigenvalue weighted by atomic mass is 10.2. The lowest BCUT2D eigenvalue weighted by molar-refractivity contribution is 0.164. The van der Waals surface area contributed by atoms with Gasteiger partial charge in [-0.1, -0.05) is 48.8 Å². The van der Waals surface area contributed by atoms with E-state index in [1.807, 2.05) is 58.3 Å². The third-order valence-electron chi connectivity index (χ3n) is 6.38. The number of urea groups is 1. The van der Waals surface area contributed by atoms with E-state index in [4.69, 9.17) is 9.16 Å². The summed E-state index contributed by atoms with van der Waals surface area (Å²) < 4.78 is 12.9. The number of amides is 2. The van der Waals surface area contributed by atoms with Gasteiger partial charge in [0.15, 0.2) is 8.32 Å². The standard InChI is InChI=1S/C24H33BrN2O3Si/c1-24(2,3)31(5,6)30-17-21-16-27(20-12-10-19(25)11-13-20)23(28)26(21)15-18-8-7-9-22(14-18)29-4/h7-14,21H,15-17H2,1-6H3/t21-/m1/s1. The summed E-state index contributed by atoms with van der Waals surface area (Å²) >= 11 is 3.47. The fourth-order valence-corrected chi connectivity index (χ4v) is 4.67. The predicted octanol–water partition coefficient (Wildman–Crippen LogP) is 6.29. The zero-order valence-electron chi connectivity index (χ0n) is 19.3. The van der Waals surface area contributed by atoms with Gasteiger partial charge in [0.05, 0.1) is 26.3 Å². The number of carbonyl (C=O) groups excluding carboxylic acids is 1. The topological polar surface area (TPSA) is 42.0 Å². The summed E-state index contributed by atoms with van der Waals surface area (Å²) in [4.78, 5) is 17.2. The van der Waals surface area contributed by atoms with Gasteiger partial charge in [0.1, 0.15) is 5.75 Å².